The fourth-order valence-corrected chi connectivity index (χ4v) is 2.46. The fourth-order valence-electron chi connectivity index (χ4n) is 2.28. The molecule has 1 aliphatic heterocycles. The molecule has 0 N–H and O–H groups in total. The molecule has 0 spiro atoms. The van der Waals surface area contributed by atoms with Gasteiger partial charge in [-0.05, 0) is 30.7 Å². The van der Waals surface area contributed by atoms with Crippen molar-refractivity contribution < 1.29 is 9.47 Å². The van der Waals surface area contributed by atoms with Gasteiger partial charge in [0.1, 0.15) is 11.4 Å². The normalized spacial score (nSPS) is 22.1. The van der Waals surface area contributed by atoms with E-state index >= 15 is 0 Å². The van der Waals surface area contributed by atoms with Crippen LogP contribution in [0.3, 0.4) is 0 Å². The first-order valence-electron chi connectivity index (χ1n) is 5.82. The van der Waals surface area contributed by atoms with Gasteiger partial charge in [0, 0.05) is 10.6 Å². The van der Waals surface area contributed by atoms with E-state index in [0.29, 0.717) is 5.02 Å². The zero-order chi connectivity index (χ0) is 12.6. The summed E-state index contributed by atoms with van der Waals surface area (Å²) in [6.07, 6.45) is 0. The van der Waals surface area contributed by atoms with Crippen molar-refractivity contribution in [1.82, 2.24) is 0 Å². The molecule has 92 valence electrons. The number of hydrogen-bond donors (Lipinski definition) is 0. The van der Waals surface area contributed by atoms with E-state index in [9.17, 15) is 0 Å². The van der Waals surface area contributed by atoms with Crippen molar-refractivity contribution in [3.05, 3.63) is 64.7 Å². The summed E-state index contributed by atoms with van der Waals surface area (Å²) < 4.78 is 11.4. The molecule has 1 aliphatic rings. The Hall–Kier alpha value is -1.51. The Bertz CT molecular complexity index is 568. The van der Waals surface area contributed by atoms with Gasteiger partial charge in [-0.2, -0.15) is 0 Å². The van der Waals surface area contributed by atoms with Gasteiger partial charge in [0.15, 0.2) is 6.79 Å². The molecule has 1 unspecified atom stereocenters. The van der Waals surface area contributed by atoms with Crippen LogP contribution in [0.1, 0.15) is 18.1 Å². The molecule has 18 heavy (non-hydrogen) atoms. The summed E-state index contributed by atoms with van der Waals surface area (Å²) in [5, 5.41) is 0.685. The first-order chi connectivity index (χ1) is 8.70. The van der Waals surface area contributed by atoms with Crippen LogP contribution >= 0.6 is 11.6 Å². The average Bonchev–Trinajstić information content (AvgIpc) is 2.41. The van der Waals surface area contributed by atoms with E-state index in [1.807, 2.05) is 43.3 Å². The fraction of sp³-hybridized carbons (Fsp3) is 0.200. The minimum absolute atomic E-state index is 0.250. The van der Waals surface area contributed by atoms with Gasteiger partial charge in [0.2, 0.25) is 0 Å². The van der Waals surface area contributed by atoms with E-state index in [-0.39, 0.29) is 6.79 Å². The molecular formula is C15H13ClO2. The highest BCUT2D eigenvalue weighted by Gasteiger charge is 2.36. The van der Waals surface area contributed by atoms with Crippen molar-refractivity contribution in [3.8, 4) is 5.75 Å². The van der Waals surface area contributed by atoms with Crippen molar-refractivity contribution in [3.63, 3.8) is 0 Å². The molecule has 2 aromatic carbocycles. The summed E-state index contributed by atoms with van der Waals surface area (Å²) in [4.78, 5) is 0. The quantitative estimate of drug-likeness (QED) is 0.772. The molecule has 0 bridgehead atoms. The third kappa shape index (κ3) is 1.78. The van der Waals surface area contributed by atoms with Crippen LogP contribution in [-0.4, -0.2) is 6.79 Å². The number of halogens is 1. The second-order valence-electron chi connectivity index (χ2n) is 4.45. The second kappa shape index (κ2) is 4.30. The molecule has 0 radical (unpaired) electrons. The van der Waals surface area contributed by atoms with Crippen LogP contribution in [0.4, 0.5) is 0 Å². The van der Waals surface area contributed by atoms with Crippen LogP contribution in [-0.2, 0) is 10.3 Å². The van der Waals surface area contributed by atoms with Gasteiger partial charge in [-0.25, -0.2) is 0 Å². The topological polar surface area (TPSA) is 18.5 Å². The monoisotopic (exact) mass is 260 g/mol. The Morgan fingerprint density at radius 3 is 2.67 bits per heavy atom. The first kappa shape index (κ1) is 11.6. The predicted molar refractivity (Wildman–Crippen MR) is 70.9 cm³/mol. The first-order valence-corrected chi connectivity index (χ1v) is 6.20. The summed E-state index contributed by atoms with van der Waals surface area (Å²) in [5.74, 6) is 0.831. The van der Waals surface area contributed by atoms with Gasteiger partial charge in [-0.3, -0.25) is 0 Å². The molecule has 1 atom stereocenters. The molecule has 0 saturated carbocycles. The van der Waals surface area contributed by atoms with Gasteiger partial charge in [-0.15, -0.1) is 0 Å². The molecule has 0 amide bonds. The number of fused-ring (bicyclic) bond motifs is 1. The Kier molecular flexibility index (Phi) is 2.77. The highest BCUT2D eigenvalue weighted by Crippen LogP contribution is 2.42. The van der Waals surface area contributed by atoms with E-state index in [2.05, 4.69) is 12.1 Å². The zero-order valence-electron chi connectivity index (χ0n) is 10.0. The number of rotatable bonds is 1. The minimum Gasteiger partial charge on any atom is -0.467 e. The summed E-state index contributed by atoms with van der Waals surface area (Å²) in [7, 11) is 0. The molecule has 0 saturated heterocycles. The maximum Gasteiger partial charge on any atom is 0.190 e. The number of benzene rings is 2. The van der Waals surface area contributed by atoms with Crippen LogP contribution in [0.5, 0.6) is 5.75 Å². The van der Waals surface area contributed by atoms with Gasteiger partial charge in [0.05, 0.1) is 0 Å². The largest absolute Gasteiger partial charge is 0.467 e. The smallest absolute Gasteiger partial charge is 0.190 e. The van der Waals surface area contributed by atoms with Crippen LogP contribution in [0, 0.1) is 0 Å². The summed E-state index contributed by atoms with van der Waals surface area (Å²) >= 11 is 6.08. The van der Waals surface area contributed by atoms with E-state index in [1.165, 1.54) is 0 Å². The number of hydrogen-bond acceptors (Lipinski definition) is 2. The third-order valence-corrected chi connectivity index (χ3v) is 3.58. The third-order valence-electron chi connectivity index (χ3n) is 3.34. The molecule has 3 rings (SSSR count). The number of ether oxygens (including phenoxy) is 2. The Labute approximate surface area is 111 Å². The van der Waals surface area contributed by atoms with E-state index in [4.69, 9.17) is 21.1 Å². The molecule has 1 heterocycles. The van der Waals surface area contributed by atoms with Crippen molar-refractivity contribution in [1.29, 1.82) is 0 Å². The van der Waals surface area contributed by atoms with Gasteiger partial charge < -0.3 is 9.47 Å². The lowest BCUT2D eigenvalue weighted by atomic mass is 9.87. The average molecular weight is 261 g/mol. The highest BCUT2D eigenvalue weighted by atomic mass is 35.5. The zero-order valence-corrected chi connectivity index (χ0v) is 10.8. The van der Waals surface area contributed by atoms with Crippen LogP contribution in [0.15, 0.2) is 48.5 Å². The molecule has 0 aromatic heterocycles. The van der Waals surface area contributed by atoms with Crippen LogP contribution in [0.25, 0.3) is 0 Å². The van der Waals surface area contributed by atoms with E-state index in [1.54, 1.807) is 0 Å². The van der Waals surface area contributed by atoms with Crippen molar-refractivity contribution in [2.24, 2.45) is 0 Å². The van der Waals surface area contributed by atoms with Crippen molar-refractivity contribution in [2.75, 3.05) is 6.79 Å². The van der Waals surface area contributed by atoms with Crippen LogP contribution in [0.2, 0.25) is 5.02 Å². The summed E-state index contributed by atoms with van der Waals surface area (Å²) in [6.45, 7) is 2.29. The Morgan fingerprint density at radius 1 is 1.11 bits per heavy atom. The van der Waals surface area contributed by atoms with Crippen LogP contribution < -0.4 is 4.74 Å². The molecule has 2 nitrogen and oxygen atoms in total. The van der Waals surface area contributed by atoms with Gasteiger partial charge in [0.25, 0.3) is 0 Å². The standard InChI is InChI=1S/C15H13ClO2/c1-15(11-5-3-2-4-6-11)13-9-12(16)7-8-14(13)17-10-18-15/h2-9H,10H2,1H3. The SMILES string of the molecule is CC1(c2ccccc2)OCOc2ccc(Cl)cc21. The lowest BCUT2D eigenvalue weighted by Crippen LogP contribution is -2.33. The highest BCUT2D eigenvalue weighted by molar-refractivity contribution is 6.30. The van der Waals surface area contributed by atoms with Crippen molar-refractivity contribution in [2.45, 2.75) is 12.5 Å². The molecule has 3 heteroatoms. The second-order valence-corrected chi connectivity index (χ2v) is 4.88. The summed E-state index contributed by atoms with van der Waals surface area (Å²) in [6, 6.07) is 15.7. The lowest BCUT2D eigenvalue weighted by Gasteiger charge is -2.36. The van der Waals surface area contributed by atoms with Gasteiger partial charge >= 0.3 is 0 Å². The Balaban J connectivity index is 2.18. The predicted octanol–water partition coefficient (Wildman–Crippen LogP) is 3.97. The van der Waals surface area contributed by atoms with Crippen molar-refractivity contribution >= 4 is 11.6 Å². The maximum atomic E-state index is 6.08. The molecule has 0 aliphatic carbocycles. The Morgan fingerprint density at radius 2 is 1.89 bits per heavy atom. The molecule has 2 aromatic rings. The summed E-state index contributed by atoms with van der Waals surface area (Å²) in [5.41, 5.74) is 1.55. The maximum absolute atomic E-state index is 6.08. The lowest BCUT2D eigenvalue weighted by molar-refractivity contribution is -0.0993. The molecule has 0 fully saturated rings. The minimum atomic E-state index is -0.514. The molecular weight excluding hydrogens is 248 g/mol. The van der Waals surface area contributed by atoms with Gasteiger partial charge in [-0.1, -0.05) is 41.9 Å². The van der Waals surface area contributed by atoms with E-state index in [0.717, 1.165) is 16.9 Å². The van der Waals surface area contributed by atoms with E-state index < -0.39 is 5.60 Å².